The molecule has 2 radical (unpaired) electrons. The Balaban J connectivity index is 0.00000128. The molecule has 0 atom stereocenters. The fraction of sp³-hybridized carbons (Fsp3) is 1.00. The van der Waals surface area contributed by atoms with E-state index >= 15 is 0 Å². The van der Waals surface area contributed by atoms with Gasteiger partial charge in [-0.25, -0.2) is 0 Å². The van der Waals surface area contributed by atoms with Gasteiger partial charge in [-0.05, 0) is 0 Å². The van der Waals surface area contributed by atoms with Gasteiger partial charge in [0.25, 0.3) is 0 Å². The zero-order valence-corrected chi connectivity index (χ0v) is 15.4. The average Bonchev–Trinajstić information content (AvgIpc) is 2.63. The maximum Gasteiger partial charge on any atom is -0.147 e. The van der Waals surface area contributed by atoms with Gasteiger partial charge in [0.1, 0.15) is 0 Å². The van der Waals surface area contributed by atoms with Crippen molar-refractivity contribution in [2.75, 3.05) is 0 Å². The summed E-state index contributed by atoms with van der Waals surface area (Å²) in [6.07, 6.45) is 19.0. The minimum Gasteiger partial charge on any atom is -0.147 e. The summed E-state index contributed by atoms with van der Waals surface area (Å²) < 4.78 is 2.55. The Morgan fingerprint density at radius 2 is 0.765 bits per heavy atom. The first-order valence-corrected chi connectivity index (χ1v) is 10.5. The molecule has 0 unspecified atom stereocenters. The molecule has 0 aliphatic heterocycles. The van der Waals surface area contributed by atoms with Crippen molar-refractivity contribution in [2.24, 2.45) is 0 Å². The molecule has 2 rings (SSSR count). The predicted molar refractivity (Wildman–Crippen MR) is 83.2 cm³/mol. The molecule has 0 saturated heterocycles. The van der Waals surface area contributed by atoms with Crippen LogP contribution in [0.5, 0.6) is 0 Å². The maximum absolute atomic E-state index is 1.63. The standard InChI is InChI=1S/2C7H13.2ClH.Sn/c2*1-2-4-6-7-5-3-1;;;/h2*1H,2-7H2;2*1H;. The van der Waals surface area contributed by atoms with Crippen molar-refractivity contribution in [1.82, 2.24) is 0 Å². The third kappa shape index (κ3) is 7.52. The molecule has 0 nitrogen and oxygen atoms in total. The number of hydrogen-bond donors (Lipinski definition) is 0. The molecular formula is C14H28Cl2Sn. The first-order chi connectivity index (χ1) is 7.45. The van der Waals surface area contributed by atoms with E-state index in [9.17, 15) is 0 Å². The summed E-state index contributed by atoms with van der Waals surface area (Å²) in [5.41, 5.74) is 0. The zero-order valence-electron chi connectivity index (χ0n) is 11.0. The summed E-state index contributed by atoms with van der Waals surface area (Å²) in [6.45, 7) is 0. The monoisotopic (exact) mass is 386 g/mol. The van der Waals surface area contributed by atoms with E-state index in [1.807, 2.05) is 0 Å². The summed E-state index contributed by atoms with van der Waals surface area (Å²) >= 11 is -0.0177. The van der Waals surface area contributed by atoms with Gasteiger partial charge < -0.3 is 0 Å². The van der Waals surface area contributed by atoms with Gasteiger partial charge in [-0.15, -0.1) is 24.8 Å². The van der Waals surface area contributed by atoms with E-state index in [-0.39, 0.29) is 46.0 Å². The average molecular weight is 386 g/mol. The molecule has 2 fully saturated rings. The Kier molecular flexibility index (Phi) is 12.1. The minimum absolute atomic E-state index is 0. The molecule has 0 heterocycles. The fourth-order valence-electron chi connectivity index (χ4n) is 3.23. The third-order valence-electron chi connectivity index (χ3n) is 4.18. The molecule has 0 aromatic heterocycles. The molecule has 3 heteroatoms. The van der Waals surface area contributed by atoms with Crippen LogP contribution >= 0.6 is 24.8 Å². The molecular weight excluding hydrogens is 358 g/mol. The SMILES string of the molecule is C1CCC[CH]([Sn][CH]2CCCCCC2)CC1.Cl.Cl. The van der Waals surface area contributed by atoms with Crippen LogP contribution in [0.1, 0.15) is 77.0 Å². The van der Waals surface area contributed by atoms with Gasteiger partial charge in [0.05, 0.1) is 0 Å². The molecule has 2 aliphatic rings. The molecule has 0 spiro atoms. The Morgan fingerprint density at radius 3 is 1.06 bits per heavy atom. The molecule has 17 heavy (non-hydrogen) atoms. The van der Waals surface area contributed by atoms with Gasteiger partial charge in [-0.2, -0.15) is 0 Å². The summed E-state index contributed by atoms with van der Waals surface area (Å²) in [4.78, 5) is 0. The fourth-order valence-corrected chi connectivity index (χ4v) is 9.36. The first-order valence-electron chi connectivity index (χ1n) is 7.21. The topological polar surface area (TPSA) is 0 Å². The van der Waals surface area contributed by atoms with Crippen molar-refractivity contribution in [2.45, 2.75) is 84.9 Å². The Morgan fingerprint density at radius 1 is 0.471 bits per heavy atom. The molecule has 0 aromatic rings. The van der Waals surface area contributed by atoms with Crippen LogP contribution in [0.25, 0.3) is 0 Å². The van der Waals surface area contributed by atoms with Crippen LogP contribution in [0, 0.1) is 0 Å². The van der Waals surface area contributed by atoms with Crippen LogP contribution in [0.3, 0.4) is 0 Å². The Hall–Kier alpha value is 1.38. The number of rotatable bonds is 2. The van der Waals surface area contributed by atoms with Gasteiger partial charge in [0.15, 0.2) is 0 Å². The molecule has 0 aromatic carbocycles. The summed E-state index contributed by atoms with van der Waals surface area (Å²) in [7, 11) is 0. The van der Waals surface area contributed by atoms with Gasteiger partial charge in [-0.1, -0.05) is 0 Å². The largest absolute Gasteiger partial charge is 0.147 e. The Bertz CT molecular complexity index is 142. The van der Waals surface area contributed by atoms with E-state index in [1.165, 1.54) is 7.87 Å². The van der Waals surface area contributed by atoms with Crippen molar-refractivity contribution >= 4 is 46.0 Å². The quantitative estimate of drug-likeness (QED) is 0.415. The smallest absolute Gasteiger partial charge is 0.147 e. The van der Waals surface area contributed by atoms with Crippen molar-refractivity contribution < 1.29 is 0 Å². The second kappa shape index (κ2) is 11.2. The van der Waals surface area contributed by atoms with Gasteiger partial charge in [0.2, 0.25) is 0 Å². The molecule has 102 valence electrons. The van der Waals surface area contributed by atoms with E-state index in [2.05, 4.69) is 0 Å². The minimum atomic E-state index is -0.0177. The van der Waals surface area contributed by atoms with E-state index in [0.29, 0.717) is 0 Å². The van der Waals surface area contributed by atoms with Crippen molar-refractivity contribution in [1.29, 1.82) is 0 Å². The van der Waals surface area contributed by atoms with Crippen LogP contribution in [0.15, 0.2) is 0 Å². The number of halogens is 2. The van der Waals surface area contributed by atoms with Gasteiger partial charge in [-0.3, -0.25) is 0 Å². The van der Waals surface area contributed by atoms with Crippen LogP contribution < -0.4 is 0 Å². The number of hydrogen-bond acceptors (Lipinski definition) is 0. The summed E-state index contributed by atoms with van der Waals surface area (Å²) in [5, 5.41) is 0. The van der Waals surface area contributed by atoms with E-state index in [1.54, 1.807) is 77.0 Å². The summed E-state index contributed by atoms with van der Waals surface area (Å²) in [6, 6.07) is 0. The summed E-state index contributed by atoms with van der Waals surface area (Å²) in [5.74, 6) is 0. The van der Waals surface area contributed by atoms with Crippen LogP contribution in [0.2, 0.25) is 7.87 Å². The second-order valence-electron chi connectivity index (χ2n) is 5.54. The van der Waals surface area contributed by atoms with E-state index < -0.39 is 0 Å². The molecule has 0 bridgehead atoms. The third-order valence-corrected chi connectivity index (χ3v) is 10.2. The zero-order chi connectivity index (χ0) is 10.3. The normalized spacial score (nSPS) is 24.0. The van der Waals surface area contributed by atoms with Crippen molar-refractivity contribution in [3.8, 4) is 0 Å². The van der Waals surface area contributed by atoms with Crippen molar-refractivity contribution in [3.63, 3.8) is 0 Å². The van der Waals surface area contributed by atoms with Gasteiger partial charge >= 0.3 is 106 Å². The van der Waals surface area contributed by atoms with Crippen molar-refractivity contribution in [3.05, 3.63) is 0 Å². The van der Waals surface area contributed by atoms with Gasteiger partial charge in [0, 0.05) is 0 Å². The molecule has 2 aliphatic carbocycles. The van der Waals surface area contributed by atoms with E-state index in [4.69, 9.17) is 0 Å². The Labute approximate surface area is 130 Å². The second-order valence-corrected chi connectivity index (χ2v) is 11.2. The maximum atomic E-state index is 1.63. The molecule has 2 saturated carbocycles. The first kappa shape index (κ1) is 18.4. The van der Waals surface area contributed by atoms with Crippen LogP contribution in [0.4, 0.5) is 0 Å². The van der Waals surface area contributed by atoms with Crippen LogP contribution in [-0.2, 0) is 0 Å². The van der Waals surface area contributed by atoms with Crippen LogP contribution in [-0.4, -0.2) is 21.1 Å². The predicted octanol–water partition coefficient (Wildman–Crippen LogP) is 5.82. The molecule has 0 amide bonds. The van der Waals surface area contributed by atoms with E-state index in [0.717, 1.165) is 0 Å². The molecule has 0 N–H and O–H groups in total.